The molecule has 6 nitrogen and oxygen atoms in total. The molecule has 2 rings (SSSR count). The highest BCUT2D eigenvalue weighted by Crippen LogP contribution is 2.19. The molecule has 0 atom stereocenters. The Labute approximate surface area is 141 Å². The number of benzene rings is 2. The van der Waals surface area contributed by atoms with Gasteiger partial charge in [0.2, 0.25) is 0 Å². The molecule has 0 fully saturated rings. The van der Waals surface area contributed by atoms with Crippen LogP contribution in [0.1, 0.15) is 6.92 Å². The van der Waals surface area contributed by atoms with Crippen LogP contribution in [-0.4, -0.2) is 32.9 Å². The number of hydrogen-bond donors (Lipinski definition) is 2. The van der Waals surface area contributed by atoms with E-state index in [2.05, 4.69) is 10.6 Å². The number of rotatable bonds is 8. The van der Waals surface area contributed by atoms with E-state index in [4.69, 9.17) is 14.2 Å². The van der Waals surface area contributed by atoms with Gasteiger partial charge in [-0.15, -0.1) is 0 Å². The van der Waals surface area contributed by atoms with Crippen LogP contribution in [0.5, 0.6) is 17.2 Å². The number of methoxy groups -OCH3 is 1. The fraction of sp³-hybridized carbons (Fsp3) is 0.278. The topological polar surface area (TPSA) is 68.8 Å². The molecular weight excluding hydrogens is 308 g/mol. The summed E-state index contributed by atoms with van der Waals surface area (Å²) in [5, 5.41) is 5.47. The van der Waals surface area contributed by atoms with Crippen LogP contribution in [-0.2, 0) is 0 Å². The van der Waals surface area contributed by atoms with Crippen molar-refractivity contribution in [3.8, 4) is 17.2 Å². The SMILES string of the molecule is CCOc1cccc(OCCNC(=O)Nc2ccc(OC)cc2)c1. The van der Waals surface area contributed by atoms with Crippen molar-refractivity contribution >= 4 is 11.7 Å². The first-order valence-electron chi connectivity index (χ1n) is 7.76. The summed E-state index contributed by atoms with van der Waals surface area (Å²) in [6.07, 6.45) is 0. The fourth-order valence-corrected chi connectivity index (χ4v) is 2.00. The molecule has 0 spiro atoms. The Hall–Kier alpha value is -2.89. The lowest BCUT2D eigenvalue weighted by molar-refractivity contribution is 0.247. The number of carbonyl (C=O) groups excluding carboxylic acids is 1. The van der Waals surface area contributed by atoms with Crippen molar-refractivity contribution in [1.82, 2.24) is 5.32 Å². The average molecular weight is 330 g/mol. The van der Waals surface area contributed by atoms with E-state index in [0.717, 1.165) is 11.5 Å². The second-order valence-electron chi connectivity index (χ2n) is 4.87. The average Bonchev–Trinajstić information content (AvgIpc) is 2.60. The van der Waals surface area contributed by atoms with E-state index in [9.17, 15) is 4.79 Å². The molecule has 0 saturated carbocycles. The molecular formula is C18H22N2O4. The van der Waals surface area contributed by atoms with Crippen molar-refractivity contribution in [3.63, 3.8) is 0 Å². The maximum absolute atomic E-state index is 11.8. The molecule has 0 bridgehead atoms. The lowest BCUT2D eigenvalue weighted by atomic mass is 10.3. The minimum absolute atomic E-state index is 0.285. The number of anilines is 1. The van der Waals surface area contributed by atoms with Crippen LogP contribution in [0.3, 0.4) is 0 Å². The van der Waals surface area contributed by atoms with Gasteiger partial charge in [-0.1, -0.05) is 6.07 Å². The Morgan fingerprint density at radius 2 is 1.71 bits per heavy atom. The van der Waals surface area contributed by atoms with Gasteiger partial charge in [0.15, 0.2) is 0 Å². The van der Waals surface area contributed by atoms with E-state index in [-0.39, 0.29) is 6.03 Å². The van der Waals surface area contributed by atoms with Gasteiger partial charge in [0, 0.05) is 11.8 Å². The molecule has 6 heteroatoms. The maximum atomic E-state index is 11.8. The van der Waals surface area contributed by atoms with E-state index in [1.54, 1.807) is 31.4 Å². The Bertz CT molecular complexity index is 644. The van der Waals surface area contributed by atoms with Gasteiger partial charge in [-0.05, 0) is 43.3 Å². The summed E-state index contributed by atoms with van der Waals surface area (Å²) in [6.45, 7) is 3.29. The molecule has 2 aromatic rings. The minimum Gasteiger partial charge on any atom is -0.497 e. The van der Waals surface area contributed by atoms with Gasteiger partial charge in [-0.25, -0.2) is 4.79 Å². The largest absolute Gasteiger partial charge is 0.497 e. The van der Waals surface area contributed by atoms with Crippen LogP contribution >= 0.6 is 0 Å². The Kier molecular flexibility index (Phi) is 6.76. The van der Waals surface area contributed by atoms with Crippen LogP contribution in [0.4, 0.5) is 10.5 Å². The lowest BCUT2D eigenvalue weighted by Crippen LogP contribution is -2.32. The molecule has 2 aromatic carbocycles. The second-order valence-corrected chi connectivity index (χ2v) is 4.87. The summed E-state index contributed by atoms with van der Waals surface area (Å²) in [5.41, 5.74) is 0.693. The molecule has 0 heterocycles. The van der Waals surface area contributed by atoms with Crippen LogP contribution in [0.2, 0.25) is 0 Å². The molecule has 0 radical (unpaired) electrons. The van der Waals surface area contributed by atoms with E-state index in [0.29, 0.717) is 31.2 Å². The highest BCUT2D eigenvalue weighted by molar-refractivity contribution is 5.89. The van der Waals surface area contributed by atoms with Crippen molar-refractivity contribution in [2.24, 2.45) is 0 Å². The van der Waals surface area contributed by atoms with Gasteiger partial charge in [-0.2, -0.15) is 0 Å². The first-order valence-corrected chi connectivity index (χ1v) is 7.76. The van der Waals surface area contributed by atoms with Crippen molar-refractivity contribution in [3.05, 3.63) is 48.5 Å². The van der Waals surface area contributed by atoms with Gasteiger partial charge < -0.3 is 24.8 Å². The van der Waals surface area contributed by atoms with E-state index >= 15 is 0 Å². The first-order chi connectivity index (χ1) is 11.7. The predicted octanol–water partition coefficient (Wildman–Crippen LogP) is 3.29. The number of amides is 2. The Morgan fingerprint density at radius 1 is 1.00 bits per heavy atom. The number of hydrogen-bond acceptors (Lipinski definition) is 4. The molecule has 0 aliphatic carbocycles. The first kappa shape index (κ1) is 17.5. The third-order valence-electron chi connectivity index (χ3n) is 3.12. The molecule has 128 valence electrons. The van der Waals surface area contributed by atoms with Gasteiger partial charge in [0.25, 0.3) is 0 Å². The van der Waals surface area contributed by atoms with Crippen molar-refractivity contribution in [2.75, 3.05) is 32.2 Å². The van der Waals surface area contributed by atoms with Crippen molar-refractivity contribution < 1.29 is 19.0 Å². The lowest BCUT2D eigenvalue weighted by Gasteiger charge is -2.10. The van der Waals surface area contributed by atoms with E-state index in [1.165, 1.54) is 0 Å². The normalized spacial score (nSPS) is 9.92. The van der Waals surface area contributed by atoms with Crippen LogP contribution < -0.4 is 24.8 Å². The minimum atomic E-state index is -0.285. The summed E-state index contributed by atoms with van der Waals surface area (Å²) in [4.78, 5) is 11.8. The summed E-state index contributed by atoms with van der Waals surface area (Å²) in [7, 11) is 1.60. The maximum Gasteiger partial charge on any atom is 0.319 e. The van der Waals surface area contributed by atoms with Crippen LogP contribution in [0.25, 0.3) is 0 Å². The monoisotopic (exact) mass is 330 g/mol. The zero-order chi connectivity index (χ0) is 17.2. The predicted molar refractivity (Wildman–Crippen MR) is 93.1 cm³/mol. The molecule has 2 amide bonds. The van der Waals surface area contributed by atoms with Gasteiger partial charge in [0.05, 0.1) is 20.3 Å². The zero-order valence-corrected chi connectivity index (χ0v) is 13.9. The molecule has 0 aliphatic heterocycles. The molecule has 0 aliphatic rings. The summed E-state index contributed by atoms with van der Waals surface area (Å²) >= 11 is 0. The summed E-state index contributed by atoms with van der Waals surface area (Å²) < 4.78 is 16.1. The number of urea groups is 1. The molecule has 0 saturated heterocycles. The highest BCUT2D eigenvalue weighted by atomic mass is 16.5. The van der Waals surface area contributed by atoms with Crippen LogP contribution in [0, 0.1) is 0 Å². The second kappa shape index (κ2) is 9.29. The Morgan fingerprint density at radius 3 is 2.38 bits per heavy atom. The van der Waals surface area contributed by atoms with E-state index < -0.39 is 0 Å². The summed E-state index contributed by atoms with van der Waals surface area (Å²) in [5.74, 6) is 2.21. The number of carbonyl (C=O) groups is 1. The molecule has 24 heavy (non-hydrogen) atoms. The Balaban J connectivity index is 1.69. The third kappa shape index (κ3) is 5.72. The third-order valence-corrected chi connectivity index (χ3v) is 3.12. The number of ether oxygens (including phenoxy) is 3. The van der Waals surface area contributed by atoms with Crippen molar-refractivity contribution in [1.29, 1.82) is 0 Å². The number of nitrogens with one attached hydrogen (secondary N) is 2. The quantitative estimate of drug-likeness (QED) is 0.729. The van der Waals surface area contributed by atoms with Gasteiger partial charge in [0.1, 0.15) is 23.9 Å². The van der Waals surface area contributed by atoms with Crippen molar-refractivity contribution in [2.45, 2.75) is 6.92 Å². The van der Waals surface area contributed by atoms with Gasteiger partial charge in [-0.3, -0.25) is 0 Å². The molecule has 0 aromatic heterocycles. The van der Waals surface area contributed by atoms with E-state index in [1.807, 2.05) is 31.2 Å². The fourth-order valence-electron chi connectivity index (χ4n) is 2.00. The standard InChI is InChI=1S/C18H22N2O4/c1-3-23-16-5-4-6-17(13-16)24-12-11-19-18(21)20-14-7-9-15(22-2)10-8-14/h4-10,13H,3,11-12H2,1-2H3,(H2,19,20,21). The zero-order valence-electron chi connectivity index (χ0n) is 13.9. The van der Waals surface area contributed by atoms with Crippen LogP contribution in [0.15, 0.2) is 48.5 Å². The molecule has 0 unspecified atom stereocenters. The highest BCUT2D eigenvalue weighted by Gasteiger charge is 2.02. The molecule has 2 N–H and O–H groups in total. The van der Waals surface area contributed by atoms with Gasteiger partial charge >= 0.3 is 6.03 Å². The smallest absolute Gasteiger partial charge is 0.319 e. The summed E-state index contributed by atoms with van der Waals surface area (Å²) in [6, 6.07) is 14.2.